The Morgan fingerprint density at radius 2 is 1.89 bits per heavy atom. The fourth-order valence-corrected chi connectivity index (χ4v) is 1.63. The van der Waals surface area contributed by atoms with Gasteiger partial charge >= 0.3 is 0 Å². The van der Waals surface area contributed by atoms with Crippen molar-refractivity contribution in [2.45, 2.75) is 25.9 Å². The van der Waals surface area contributed by atoms with Crippen LogP contribution in [0.3, 0.4) is 0 Å². The summed E-state index contributed by atoms with van der Waals surface area (Å²) in [6, 6.07) is 9.59. The lowest BCUT2D eigenvalue weighted by atomic mass is 10.1. The number of benzene rings is 1. The van der Waals surface area contributed by atoms with Gasteiger partial charge in [0, 0.05) is 5.56 Å². The number of nitrogens with two attached hydrogens (primary N) is 1. The van der Waals surface area contributed by atoms with Gasteiger partial charge in [-0.05, 0) is 24.9 Å². The van der Waals surface area contributed by atoms with Crippen molar-refractivity contribution in [1.29, 1.82) is 0 Å². The van der Waals surface area contributed by atoms with E-state index < -0.39 is 5.66 Å². The summed E-state index contributed by atoms with van der Waals surface area (Å²) in [5, 5.41) is 3.19. The average molecular weight is 278 g/mol. The Labute approximate surface area is 117 Å². The Kier molecular flexibility index (Phi) is 3.97. The fourth-order valence-electron chi connectivity index (χ4n) is 1.47. The van der Waals surface area contributed by atoms with Gasteiger partial charge in [-0.15, -0.1) is 0 Å². The maximum atomic E-state index is 6.03. The van der Waals surface area contributed by atoms with Crippen LogP contribution in [-0.2, 0) is 0 Å². The summed E-state index contributed by atoms with van der Waals surface area (Å²) in [4.78, 5) is 12.5. The molecule has 6 heteroatoms. The molecule has 1 aromatic heterocycles. The van der Waals surface area contributed by atoms with E-state index in [1.165, 1.54) is 0 Å². The molecule has 0 aliphatic heterocycles. The molecular formula is C13H16ClN5. The third kappa shape index (κ3) is 3.62. The second-order valence-electron chi connectivity index (χ2n) is 4.51. The standard InChI is InChI=1S/C13H16ClN5/c1-3-13(2,15)19-12-17-10(16-11(14)18-12)9-7-5-4-6-8-9/h4-8H,3,15H2,1-2H3,(H,16,17,18,19). The summed E-state index contributed by atoms with van der Waals surface area (Å²) in [6.07, 6.45) is 0.733. The lowest BCUT2D eigenvalue weighted by Crippen LogP contribution is -2.44. The molecule has 19 heavy (non-hydrogen) atoms. The highest BCUT2D eigenvalue weighted by Gasteiger charge is 2.17. The quantitative estimate of drug-likeness (QED) is 0.840. The predicted octanol–water partition coefficient (Wildman–Crippen LogP) is 2.69. The molecule has 5 nitrogen and oxygen atoms in total. The molecule has 0 saturated heterocycles. The molecule has 0 amide bonds. The highest BCUT2D eigenvalue weighted by Crippen LogP contribution is 2.19. The zero-order valence-corrected chi connectivity index (χ0v) is 11.6. The Hall–Kier alpha value is -1.72. The predicted molar refractivity (Wildman–Crippen MR) is 76.8 cm³/mol. The lowest BCUT2D eigenvalue weighted by molar-refractivity contribution is 0.513. The molecular weight excluding hydrogens is 262 g/mol. The molecule has 0 fully saturated rings. The summed E-state index contributed by atoms with van der Waals surface area (Å²) in [7, 11) is 0. The van der Waals surface area contributed by atoms with Crippen LogP contribution in [-0.4, -0.2) is 20.6 Å². The Morgan fingerprint density at radius 3 is 2.53 bits per heavy atom. The first kappa shape index (κ1) is 13.7. The molecule has 2 rings (SSSR count). The normalized spacial score (nSPS) is 13.9. The SMILES string of the molecule is CCC(C)(N)Nc1nc(Cl)nc(-c2ccccc2)n1. The van der Waals surface area contributed by atoms with Gasteiger partial charge < -0.3 is 11.1 Å². The largest absolute Gasteiger partial charge is 0.337 e. The Bertz CT molecular complexity index is 556. The molecule has 0 saturated carbocycles. The molecule has 0 radical (unpaired) electrons. The monoisotopic (exact) mass is 277 g/mol. The molecule has 3 N–H and O–H groups in total. The number of anilines is 1. The number of nitrogens with zero attached hydrogens (tertiary/aromatic N) is 3. The highest BCUT2D eigenvalue weighted by atomic mass is 35.5. The van der Waals surface area contributed by atoms with E-state index in [1.807, 2.05) is 44.2 Å². The number of halogens is 1. The smallest absolute Gasteiger partial charge is 0.228 e. The van der Waals surface area contributed by atoms with E-state index in [-0.39, 0.29) is 5.28 Å². The zero-order chi connectivity index (χ0) is 13.9. The van der Waals surface area contributed by atoms with E-state index in [9.17, 15) is 0 Å². The van der Waals surface area contributed by atoms with E-state index in [0.717, 1.165) is 12.0 Å². The van der Waals surface area contributed by atoms with Crippen LogP contribution in [0.15, 0.2) is 30.3 Å². The topological polar surface area (TPSA) is 76.7 Å². The van der Waals surface area contributed by atoms with Crippen molar-refractivity contribution in [3.63, 3.8) is 0 Å². The van der Waals surface area contributed by atoms with Crippen LogP contribution in [0.2, 0.25) is 5.28 Å². The summed E-state index contributed by atoms with van der Waals surface area (Å²) in [5.74, 6) is 0.903. The van der Waals surface area contributed by atoms with Gasteiger partial charge in [0.2, 0.25) is 11.2 Å². The minimum atomic E-state index is -0.585. The van der Waals surface area contributed by atoms with E-state index in [2.05, 4.69) is 20.3 Å². The highest BCUT2D eigenvalue weighted by molar-refractivity contribution is 6.28. The summed E-state index contributed by atoms with van der Waals surface area (Å²) in [6.45, 7) is 3.85. The minimum absolute atomic E-state index is 0.142. The summed E-state index contributed by atoms with van der Waals surface area (Å²) < 4.78 is 0. The van der Waals surface area contributed by atoms with E-state index in [4.69, 9.17) is 17.3 Å². The van der Waals surface area contributed by atoms with Gasteiger partial charge in [-0.2, -0.15) is 15.0 Å². The maximum Gasteiger partial charge on any atom is 0.228 e. The van der Waals surface area contributed by atoms with Crippen molar-refractivity contribution < 1.29 is 0 Å². The first-order valence-corrected chi connectivity index (χ1v) is 6.42. The van der Waals surface area contributed by atoms with Gasteiger partial charge in [-0.1, -0.05) is 37.3 Å². The molecule has 1 aromatic carbocycles. The van der Waals surface area contributed by atoms with Crippen LogP contribution in [0.1, 0.15) is 20.3 Å². The Morgan fingerprint density at radius 1 is 1.21 bits per heavy atom. The van der Waals surface area contributed by atoms with E-state index in [0.29, 0.717) is 11.8 Å². The molecule has 1 atom stereocenters. The zero-order valence-electron chi connectivity index (χ0n) is 10.9. The molecule has 0 aliphatic carbocycles. The average Bonchev–Trinajstić information content (AvgIpc) is 2.38. The molecule has 2 aromatic rings. The van der Waals surface area contributed by atoms with Gasteiger partial charge in [-0.3, -0.25) is 0 Å². The third-order valence-corrected chi connectivity index (χ3v) is 2.94. The molecule has 1 heterocycles. The van der Waals surface area contributed by atoms with Gasteiger partial charge in [0.25, 0.3) is 0 Å². The van der Waals surface area contributed by atoms with Crippen LogP contribution >= 0.6 is 11.6 Å². The number of hydrogen-bond acceptors (Lipinski definition) is 5. The van der Waals surface area contributed by atoms with Crippen molar-refractivity contribution in [3.8, 4) is 11.4 Å². The molecule has 0 bridgehead atoms. The Balaban J connectivity index is 2.35. The summed E-state index contributed by atoms with van der Waals surface area (Å²) in [5.41, 5.74) is 6.33. The number of rotatable bonds is 4. The second-order valence-corrected chi connectivity index (χ2v) is 4.85. The lowest BCUT2D eigenvalue weighted by Gasteiger charge is -2.24. The molecule has 0 spiro atoms. The van der Waals surface area contributed by atoms with Gasteiger partial charge in [0.1, 0.15) is 0 Å². The fraction of sp³-hybridized carbons (Fsp3) is 0.308. The van der Waals surface area contributed by atoms with Crippen LogP contribution in [0.5, 0.6) is 0 Å². The van der Waals surface area contributed by atoms with Crippen molar-refractivity contribution >= 4 is 17.5 Å². The minimum Gasteiger partial charge on any atom is -0.337 e. The van der Waals surface area contributed by atoms with E-state index in [1.54, 1.807) is 0 Å². The number of aromatic nitrogens is 3. The third-order valence-electron chi connectivity index (χ3n) is 2.77. The van der Waals surface area contributed by atoms with Crippen molar-refractivity contribution in [2.75, 3.05) is 5.32 Å². The first-order chi connectivity index (χ1) is 9.00. The van der Waals surface area contributed by atoms with Crippen LogP contribution in [0, 0.1) is 0 Å². The molecule has 100 valence electrons. The maximum absolute atomic E-state index is 6.03. The van der Waals surface area contributed by atoms with Gasteiger partial charge in [0.15, 0.2) is 5.82 Å². The number of hydrogen-bond donors (Lipinski definition) is 2. The van der Waals surface area contributed by atoms with Crippen LogP contribution in [0.4, 0.5) is 5.95 Å². The summed E-state index contributed by atoms with van der Waals surface area (Å²) >= 11 is 5.93. The van der Waals surface area contributed by atoms with Gasteiger partial charge in [0.05, 0.1) is 5.66 Å². The number of nitrogens with one attached hydrogen (secondary N) is 1. The second kappa shape index (κ2) is 5.50. The first-order valence-electron chi connectivity index (χ1n) is 6.04. The van der Waals surface area contributed by atoms with Crippen molar-refractivity contribution in [3.05, 3.63) is 35.6 Å². The van der Waals surface area contributed by atoms with Crippen LogP contribution in [0.25, 0.3) is 11.4 Å². The molecule has 1 unspecified atom stereocenters. The molecule has 0 aliphatic rings. The van der Waals surface area contributed by atoms with E-state index >= 15 is 0 Å². The van der Waals surface area contributed by atoms with Crippen molar-refractivity contribution in [1.82, 2.24) is 15.0 Å². The van der Waals surface area contributed by atoms with Crippen molar-refractivity contribution in [2.24, 2.45) is 5.73 Å². The van der Waals surface area contributed by atoms with Crippen LogP contribution < -0.4 is 11.1 Å². The van der Waals surface area contributed by atoms with Gasteiger partial charge in [-0.25, -0.2) is 0 Å².